The number of nitrogens with one attached hydrogen (secondary N) is 1. The minimum absolute atomic E-state index is 0.0991. The van der Waals surface area contributed by atoms with Crippen LogP contribution in [-0.2, 0) is 27.8 Å². The number of rotatable bonds is 11. The Bertz CT molecular complexity index is 1690. The number of hydrazone groups is 1. The lowest BCUT2D eigenvalue weighted by atomic mass is 10.1. The minimum atomic E-state index is -3.86. The van der Waals surface area contributed by atoms with Crippen molar-refractivity contribution in [1.82, 2.24) is 14.7 Å². The Hall–Kier alpha value is -4.58. The molecule has 1 amide bonds. The lowest BCUT2D eigenvalue weighted by molar-refractivity contribution is 0.0954. The van der Waals surface area contributed by atoms with Crippen molar-refractivity contribution in [3.63, 3.8) is 0 Å². The number of methoxy groups -OCH3 is 1. The summed E-state index contributed by atoms with van der Waals surface area (Å²) in [5.74, 6) is 0.205. The van der Waals surface area contributed by atoms with Crippen LogP contribution >= 0.6 is 0 Å². The van der Waals surface area contributed by atoms with Gasteiger partial charge >= 0.3 is 0 Å². The molecule has 0 saturated carbocycles. The van der Waals surface area contributed by atoms with E-state index in [4.69, 9.17) is 9.47 Å². The third kappa shape index (κ3) is 7.67. The van der Waals surface area contributed by atoms with E-state index in [0.29, 0.717) is 30.2 Å². The summed E-state index contributed by atoms with van der Waals surface area (Å²) in [6.45, 7) is 5.15. The molecule has 1 N–H and O–H groups in total. The first-order valence-corrected chi connectivity index (χ1v) is 15.7. The van der Waals surface area contributed by atoms with E-state index < -0.39 is 10.0 Å². The van der Waals surface area contributed by atoms with Crippen LogP contribution in [0.1, 0.15) is 34.0 Å². The number of amides is 1. The fraction of sp³-hybridized carbons (Fsp3) is 0.242. The molecule has 0 radical (unpaired) electrons. The van der Waals surface area contributed by atoms with Gasteiger partial charge in [-0.05, 0) is 78.2 Å². The Kier molecular flexibility index (Phi) is 10.0. The Morgan fingerprint density at radius 3 is 2.36 bits per heavy atom. The molecule has 1 saturated heterocycles. The first-order chi connectivity index (χ1) is 21.3. The number of carbonyl (C=O) groups is 1. The number of hydrogen-bond donors (Lipinski definition) is 1. The van der Waals surface area contributed by atoms with E-state index >= 15 is 0 Å². The molecule has 1 aliphatic rings. The highest BCUT2D eigenvalue weighted by Gasteiger charge is 2.25. The van der Waals surface area contributed by atoms with E-state index in [0.717, 1.165) is 35.5 Å². The van der Waals surface area contributed by atoms with Gasteiger partial charge in [-0.3, -0.25) is 9.78 Å². The summed E-state index contributed by atoms with van der Waals surface area (Å²) in [5.41, 5.74) is 7.21. The van der Waals surface area contributed by atoms with Crippen molar-refractivity contribution in [3.8, 4) is 5.75 Å². The number of sulfonamides is 1. The van der Waals surface area contributed by atoms with Crippen LogP contribution in [0.4, 0.5) is 5.69 Å². The van der Waals surface area contributed by atoms with Crippen molar-refractivity contribution < 1.29 is 22.7 Å². The second-order valence-corrected chi connectivity index (χ2v) is 12.2. The van der Waals surface area contributed by atoms with E-state index in [9.17, 15) is 13.2 Å². The Morgan fingerprint density at radius 2 is 1.68 bits per heavy atom. The lowest BCUT2D eigenvalue weighted by Crippen LogP contribution is -2.36. The highest BCUT2D eigenvalue weighted by Crippen LogP contribution is 2.24. The maximum Gasteiger partial charge on any atom is 0.271 e. The highest BCUT2D eigenvalue weighted by molar-refractivity contribution is 7.89. The van der Waals surface area contributed by atoms with E-state index in [1.807, 2.05) is 25.1 Å². The predicted molar refractivity (Wildman–Crippen MR) is 169 cm³/mol. The zero-order valence-corrected chi connectivity index (χ0v) is 25.5. The molecule has 0 bridgehead atoms. The minimum Gasteiger partial charge on any atom is -0.497 e. The molecule has 0 atom stereocenters. The molecule has 5 rings (SSSR count). The first kappa shape index (κ1) is 30.9. The average molecular weight is 614 g/mol. The predicted octanol–water partition coefficient (Wildman–Crippen LogP) is 4.47. The number of anilines is 1. The summed E-state index contributed by atoms with van der Waals surface area (Å²) in [7, 11) is -2.33. The molecule has 0 aliphatic carbocycles. The Balaban J connectivity index is 1.28. The molecule has 1 fully saturated rings. The molecular weight excluding hydrogens is 578 g/mol. The first-order valence-electron chi connectivity index (χ1n) is 14.2. The smallest absolute Gasteiger partial charge is 0.271 e. The summed E-state index contributed by atoms with van der Waals surface area (Å²) < 4.78 is 39.4. The molecule has 1 aromatic heterocycles. The number of ether oxygens (including phenoxy) is 2. The summed E-state index contributed by atoms with van der Waals surface area (Å²) in [6.07, 6.45) is 3.29. The monoisotopic (exact) mass is 613 g/mol. The SMILES string of the molecule is COc1ccc(S(=O)(=O)N(Cc2ccc(C(=O)N/N=C(\C)c3cccc(N4CCOCC4)c3)cc2)Cc2cccnc2)cc1. The van der Waals surface area contributed by atoms with Gasteiger partial charge in [0.1, 0.15) is 5.75 Å². The second-order valence-electron chi connectivity index (χ2n) is 10.3. The third-order valence-electron chi connectivity index (χ3n) is 7.32. The Morgan fingerprint density at radius 1 is 0.955 bits per heavy atom. The molecule has 4 aromatic rings. The van der Waals surface area contributed by atoms with E-state index in [1.165, 1.54) is 23.5 Å². The van der Waals surface area contributed by atoms with Gasteiger partial charge in [0.15, 0.2) is 0 Å². The van der Waals surface area contributed by atoms with Crippen molar-refractivity contribution in [2.24, 2.45) is 5.10 Å². The molecular formula is C33H35N5O5S. The quantitative estimate of drug-likeness (QED) is 0.196. The van der Waals surface area contributed by atoms with Gasteiger partial charge in [-0.1, -0.05) is 30.3 Å². The van der Waals surface area contributed by atoms with Crippen LogP contribution < -0.4 is 15.1 Å². The van der Waals surface area contributed by atoms with Gasteiger partial charge < -0.3 is 14.4 Å². The van der Waals surface area contributed by atoms with Crippen molar-refractivity contribution in [3.05, 3.63) is 120 Å². The van der Waals surface area contributed by atoms with Crippen molar-refractivity contribution in [2.45, 2.75) is 24.9 Å². The van der Waals surface area contributed by atoms with Crippen LogP contribution in [-0.4, -0.2) is 62.7 Å². The van der Waals surface area contributed by atoms with Gasteiger partial charge in [0, 0.05) is 49.8 Å². The third-order valence-corrected chi connectivity index (χ3v) is 9.13. The topological polar surface area (TPSA) is 113 Å². The molecule has 228 valence electrons. The molecule has 1 aliphatic heterocycles. The van der Waals surface area contributed by atoms with E-state index in [-0.39, 0.29) is 23.9 Å². The van der Waals surface area contributed by atoms with Crippen LogP contribution in [0.3, 0.4) is 0 Å². The fourth-order valence-electron chi connectivity index (χ4n) is 4.80. The zero-order valence-electron chi connectivity index (χ0n) is 24.7. The lowest BCUT2D eigenvalue weighted by Gasteiger charge is -2.29. The average Bonchev–Trinajstić information content (AvgIpc) is 3.08. The number of hydrogen-bond acceptors (Lipinski definition) is 8. The van der Waals surface area contributed by atoms with Crippen molar-refractivity contribution in [2.75, 3.05) is 38.3 Å². The van der Waals surface area contributed by atoms with Gasteiger partial charge in [-0.15, -0.1) is 0 Å². The number of nitrogens with zero attached hydrogens (tertiary/aromatic N) is 4. The van der Waals surface area contributed by atoms with Gasteiger partial charge in [0.2, 0.25) is 10.0 Å². The van der Waals surface area contributed by atoms with Gasteiger partial charge in [-0.2, -0.15) is 9.41 Å². The number of aromatic nitrogens is 1. The highest BCUT2D eigenvalue weighted by atomic mass is 32.2. The Labute approximate surface area is 258 Å². The molecule has 0 unspecified atom stereocenters. The molecule has 44 heavy (non-hydrogen) atoms. The summed E-state index contributed by atoms with van der Waals surface area (Å²) >= 11 is 0. The van der Waals surface area contributed by atoms with Crippen LogP contribution in [0.25, 0.3) is 0 Å². The van der Waals surface area contributed by atoms with E-state index in [2.05, 4.69) is 32.5 Å². The molecule has 2 heterocycles. The van der Waals surface area contributed by atoms with Crippen LogP contribution in [0, 0.1) is 0 Å². The van der Waals surface area contributed by atoms with Crippen molar-refractivity contribution in [1.29, 1.82) is 0 Å². The number of benzene rings is 3. The van der Waals surface area contributed by atoms with Crippen molar-refractivity contribution >= 4 is 27.3 Å². The second kappa shape index (κ2) is 14.3. The largest absolute Gasteiger partial charge is 0.497 e. The molecule has 3 aromatic carbocycles. The normalized spacial score (nSPS) is 14.0. The fourth-order valence-corrected chi connectivity index (χ4v) is 6.21. The number of morpholine rings is 1. The molecule has 10 nitrogen and oxygen atoms in total. The van der Waals surface area contributed by atoms with Crippen LogP contribution in [0.2, 0.25) is 0 Å². The van der Waals surface area contributed by atoms with Gasteiger partial charge in [0.05, 0.1) is 30.9 Å². The maximum atomic E-state index is 13.7. The zero-order chi connectivity index (χ0) is 30.9. The number of carbonyl (C=O) groups excluding carboxylic acids is 1. The summed E-state index contributed by atoms with van der Waals surface area (Å²) in [5, 5.41) is 4.32. The van der Waals surface area contributed by atoms with Crippen LogP contribution in [0.5, 0.6) is 5.75 Å². The van der Waals surface area contributed by atoms with E-state index in [1.54, 1.807) is 54.9 Å². The van der Waals surface area contributed by atoms with Crippen LogP contribution in [0.15, 0.2) is 107 Å². The standard InChI is InChI=1S/C33H35N5O5S/c1-25(29-6-3-7-30(21-29)37-17-19-43-20-18-37)35-36-33(39)28-10-8-26(9-11-28)23-38(24-27-5-4-16-34-22-27)44(40,41)32-14-12-31(42-2)13-15-32/h3-16,21-22H,17-20,23-24H2,1-2H3,(H,36,39)/b35-25+. The van der Waals surface area contributed by atoms with Gasteiger partial charge in [0.25, 0.3) is 5.91 Å². The van der Waals surface area contributed by atoms with Gasteiger partial charge in [-0.25, -0.2) is 13.8 Å². The molecule has 0 spiro atoms. The maximum absolute atomic E-state index is 13.7. The summed E-state index contributed by atoms with van der Waals surface area (Å²) in [6, 6.07) is 24.8. The molecule has 11 heteroatoms. The summed E-state index contributed by atoms with van der Waals surface area (Å²) in [4.78, 5) is 19.4. The number of pyridine rings is 1.